The van der Waals surface area contributed by atoms with E-state index < -0.39 is 0 Å². The van der Waals surface area contributed by atoms with Gasteiger partial charge in [0.1, 0.15) is 0 Å². The van der Waals surface area contributed by atoms with Gasteiger partial charge in [0, 0.05) is 19.4 Å². The molecule has 0 saturated carbocycles. The van der Waals surface area contributed by atoms with Gasteiger partial charge in [-0.2, -0.15) is 0 Å². The first-order chi connectivity index (χ1) is 4.34. The SMILES string of the molecule is CNC(=S)N1C=CNC1. The molecule has 0 radical (unpaired) electrons. The first kappa shape index (κ1) is 6.35. The molecule has 0 aliphatic carbocycles. The zero-order chi connectivity index (χ0) is 6.69. The number of thiocarbonyl (C=S) groups is 1. The van der Waals surface area contributed by atoms with Gasteiger partial charge in [-0.15, -0.1) is 0 Å². The zero-order valence-corrected chi connectivity index (χ0v) is 6.03. The molecule has 0 saturated heterocycles. The molecule has 0 aromatic rings. The highest BCUT2D eigenvalue weighted by Gasteiger charge is 2.05. The van der Waals surface area contributed by atoms with Crippen molar-refractivity contribution in [2.24, 2.45) is 0 Å². The number of hydrogen-bond donors (Lipinski definition) is 2. The summed E-state index contributed by atoms with van der Waals surface area (Å²) in [5, 5.41) is 6.62. The van der Waals surface area contributed by atoms with Crippen LogP contribution in [0.5, 0.6) is 0 Å². The number of hydrogen-bond acceptors (Lipinski definition) is 2. The van der Waals surface area contributed by atoms with Crippen molar-refractivity contribution in [3.8, 4) is 0 Å². The van der Waals surface area contributed by atoms with Gasteiger partial charge in [0.2, 0.25) is 0 Å². The molecule has 1 aliphatic rings. The second-order valence-electron chi connectivity index (χ2n) is 1.70. The molecule has 0 aromatic carbocycles. The Morgan fingerprint density at radius 2 is 2.67 bits per heavy atom. The van der Waals surface area contributed by atoms with Gasteiger partial charge in [0.25, 0.3) is 0 Å². The summed E-state index contributed by atoms with van der Waals surface area (Å²) < 4.78 is 0. The van der Waals surface area contributed by atoms with Gasteiger partial charge in [-0.05, 0) is 12.2 Å². The smallest absolute Gasteiger partial charge is 0.174 e. The summed E-state index contributed by atoms with van der Waals surface area (Å²) in [6.45, 7) is 0.777. The van der Waals surface area contributed by atoms with Crippen LogP contribution in [0.3, 0.4) is 0 Å². The highest BCUT2D eigenvalue weighted by Crippen LogP contribution is 1.93. The van der Waals surface area contributed by atoms with Crippen LogP contribution in [-0.4, -0.2) is 23.7 Å². The Morgan fingerprint density at radius 3 is 3.11 bits per heavy atom. The molecule has 0 aromatic heterocycles. The summed E-state index contributed by atoms with van der Waals surface area (Å²) in [7, 11) is 1.81. The lowest BCUT2D eigenvalue weighted by Crippen LogP contribution is -2.34. The van der Waals surface area contributed by atoms with Gasteiger partial charge in [0.15, 0.2) is 5.11 Å². The Hall–Kier alpha value is -0.770. The van der Waals surface area contributed by atoms with Gasteiger partial charge in [-0.3, -0.25) is 0 Å². The van der Waals surface area contributed by atoms with Crippen LogP contribution in [0.2, 0.25) is 0 Å². The van der Waals surface area contributed by atoms with E-state index in [2.05, 4.69) is 10.6 Å². The fourth-order valence-electron chi connectivity index (χ4n) is 0.630. The van der Waals surface area contributed by atoms with Crippen LogP contribution in [0, 0.1) is 0 Å². The van der Waals surface area contributed by atoms with Crippen molar-refractivity contribution in [2.45, 2.75) is 0 Å². The molecule has 0 atom stereocenters. The fourth-order valence-corrected chi connectivity index (χ4v) is 0.755. The molecule has 2 N–H and O–H groups in total. The molecule has 4 heteroatoms. The van der Waals surface area contributed by atoms with Crippen LogP contribution >= 0.6 is 12.2 Å². The van der Waals surface area contributed by atoms with Gasteiger partial charge in [0.05, 0.1) is 6.67 Å². The van der Waals surface area contributed by atoms with E-state index in [1.807, 2.05) is 24.3 Å². The van der Waals surface area contributed by atoms with Crippen molar-refractivity contribution in [1.29, 1.82) is 0 Å². The van der Waals surface area contributed by atoms with E-state index in [1.165, 1.54) is 0 Å². The normalized spacial score (nSPS) is 15.4. The lowest BCUT2D eigenvalue weighted by atomic mass is 10.8. The van der Waals surface area contributed by atoms with E-state index in [-0.39, 0.29) is 0 Å². The Balaban J connectivity index is 2.43. The van der Waals surface area contributed by atoms with Gasteiger partial charge in [-0.25, -0.2) is 0 Å². The number of rotatable bonds is 0. The molecule has 50 valence electrons. The highest BCUT2D eigenvalue weighted by molar-refractivity contribution is 7.80. The topological polar surface area (TPSA) is 27.3 Å². The number of nitrogens with zero attached hydrogens (tertiary/aromatic N) is 1. The third-order valence-electron chi connectivity index (χ3n) is 1.11. The van der Waals surface area contributed by atoms with E-state index in [0.29, 0.717) is 0 Å². The van der Waals surface area contributed by atoms with E-state index in [0.717, 1.165) is 11.8 Å². The standard InChI is InChI=1S/C5H9N3S/c1-6-5(9)8-3-2-7-4-8/h2-3,7H,4H2,1H3,(H,6,9). The first-order valence-electron chi connectivity index (χ1n) is 2.73. The molecule has 1 rings (SSSR count). The van der Waals surface area contributed by atoms with Gasteiger partial charge >= 0.3 is 0 Å². The highest BCUT2D eigenvalue weighted by atomic mass is 32.1. The largest absolute Gasteiger partial charge is 0.372 e. The van der Waals surface area contributed by atoms with E-state index in [1.54, 1.807) is 0 Å². The van der Waals surface area contributed by atoms with Gasteiger partial charge < -0.3 is 15.5 Å². The first-order valence-corrected chi connectivity index (χ1v) is 3.14. The molecule has 9 heavy (non-hydrogen) atoms. The predicted molar refractivity (Wildman–Crippen MR) is 40.6 cm³/mol. The minimum absolute atomic E-state index is 0.747. The van der Waals surface area contributed by atoms with Gasteiger partial charge in [-0.1, -0.05) is 0 Å². The lowest BCUT2D eigenvalue weighted by molar-refractivity contribution is 0.565. The van der Waals surface area contributed by atoms with Crippen molar-refractivity contribution >= 4 is 17.3 Å². The molecular formula is C5H9N3S. The summed E-state index contributed by atoms with van der Waals surface area (Å²) >= 11 is 4.94. The molecule has 0 fully saturated rings. The summed E-state index contributed by atoms with van der Waals surface area (Å²) in [5.74, 6) is 0. The average molecular weight is 143 g/mol. The van der Waals surface area contributed by atoms with Crippen LogP contribution in [0.25, 0.3) is 0 Å². The zero-order valence-electron chi connectivity index (χ0n) is 5.22. The molecule has 1 heterocycles. The lowest BCUT2D eigenvalue weighted by Gasteiger charge is -2.14. The Morgan fingerprint density at radius 1 is 1.89 bits per heavy atom. The Labute approximate surface area is 59.7 Å². The molecular weight excluding hydrogens is 134 g/mol. The fraction of sp³-hybridized carbons (Fsp3) is 0.400. The van der Waals surface area contributed by atoms with Crippen molar-refractivity contribution in [3.05, 3.63) is 12.4 Å². The minimum atomic E-state index is 0.747. The maximum atomic E-state index is 4.94. The molecule has 0 spiro atoms. The van der Waals surface area contributed by atoms with E-state index in [9.17, 15) is 0 Å². The second kappa shape index (κ2) is 2.68. The maximum absolute atomic E-state index is 4.94. The summed E-state index contributed by atoms with van der Waals surface area (Å²) in [6.07, 6.45) is 3.77. The van der Waals surface area contributed by atoms with E-state index >= 15 is 0 Å². The third-order valence-corrected chi connectivity index (χ3v) is 1.55. The molecule has 0 unspecified atom stereocenters. The van der Waals surface area contributed by atoms with Crippen LogP contribution in [0.15, 0.2) is 12.4 Å². The second-order valence-corrected chi connectivity index (χ2v) is 2.09. The van der Waals surface area contributed by atoms with Crippen molar-refractivity contribution in [3.63, 3.8) is 0 Å². The monoisotopic (exact) mass is 143 g/mol. The Kier molecular flexibility index (Phi) is 1.89. The predicted octanol–water partition coefficient (Wildman–Crippen LogP) is -0.175. The summed E-state index contributed by atoms with van der Waals surface area (Å²) in [6, 6.07) is 0. The van der Waals surface area contributed by atoms with Crippen molar-refractivity contribution in [1.82, 2.24) is 15.5 Å². The van der Waals surface area contributed by atoms with Crippen LogP contribution in [0.1, 0.15) is 0 Å². The molecule has 0 amide bonds. The van der Waals surface area contributed by atoms with Crippen molar-refractivity contribution < 1.29 is 0 Å². The van der Waals surface area contributed by atoms with Crippen molar-refractivity contribution in [2.75, 3.05) is 13.7 Å². The molecule has 1 aliphatic heterocycles. The van der Waals surface area contributed by atoms with Crippen LogP contribution < -0.4 is 10.6 Å². The van der Waals surface area contributed by atoms with Crippen LogP contribution in [-0.2, 0) is 0 Å². The quantitative estimate of drug-likeness (QED) is 0.460. The van der Waals surface area contributed by atoms with E-state index in [4.69, 9.17) is 12.2 Å². The molecule has 3 nitrogen and oxygen atoms in total. The van der Waals surface area contributed by atoms with Crippen LogP contribution in [0.4, 0.5) is 0 Å². The summed E-state index contributed by atoms with van der Waals surface area (Å²) in [5.41, 5.74) is 0. The third kappa shape index (κ3) is 1.32. The average Bonchev–Trinajstić information content (AvgIpc) is 2.37. The summed E-state index contributed by atoms with van der Waals surface area (Å²) in [4.78, 5) is 1.91. The molecule has 0 bridgehead atoms. The maximum Gasteiger partial charge on any atom is 0.174 e. The minimum Gasteiger partial charge on any atom is -0.372 e. The number of nitrogens with one attached hydrogen (secondary N) is 2. The Bertz CT molecular complexity index is 143.